The second-order valence-electron chi connectivity index (χ2n) is 5.42. The van der Waals surface area contributed by atoms with Gasteiger partial charge in [0.25, 0.3) is 0 Å². The van der Waals surface area contributed by atoms with Crippen molar-refractivity contribution in [1.82, 2.24) is 4.90 Å². The van der Waals surface area contributed by atoms with E-state index in [9.17, 15) is 0 Å². The Labute approximate surface area is 120 Å². The molecule has 0 aromatic rings. The van der Waals surface area contributed by atoms with Crippen LogP contribution < -0.4 is 5.73 Å². The number of nitrogens with two attached hydrogens (primary N) is 1. The minimum Gasteiger partial charge on any atom is -0.392 e. The lowest BCUT2D eigenvalue weighted by Crippen LogP contribution is -2.50. The van der Waals surface area contributed by atoms with Gasteiger partial charge in [-0.15, -0.1) is 0 Å². The average Bonchev–Trinajstić information content (AvgIpc) is 2.41. The molecule has 0 bridgehead atoms. The molecule has 0 aliphatic carbocycles. The Bertz CT molecular complexity index is 285. The fourth-order valence-corrected chi connectivity index (χ4v) is 4.19. The summed E-state index contributed by atoms with van der Waals surface area (Å²) in [6.45, 7) is 5.39. The van der Waals surface area contributed by atoms with E-state index in [-0.39, 0.29) is 4.75 Å². The third-order valence-corrected chi connectivity index (χ3v) is 6.29. The van der Waals surface area contributed by atoms with Gasteiger partial charge in [0, 0.05) is 19.8 Å². The van der Waals surface area contributed by atoms with Gasteiger partial charge in [0.1, 0.15) is 0 Å². The summed E-state index contributed by atoms with van der Waals surface area (Å²) in [6.07, 6.45) is 6.78. The van der Waals surface area contributed by atoms with Crippen LogP contribution in [0.3, 0.4) is 0 Å². The highest BCUT2D eigenvalue weighted by molar-refractivity contribution is 8.02. The van der Waals surface area contributed by atoms with Gasteiger partial charge in [-0.2, -0.15) is 11.8 Å². The van der Waals surface area contributed by atoms with Crippen molar-refractivity contribution < 1.29 is 4.74 Å². The zero-order chi connectivity index (χ0) is 13.0. The molecule has 5 heteroatoms. The molecule has 2 rings (SSSR count). The molecule has 0 amide bonds. The molecule has 0 aromatic heterocycles. The molecule has 2 saturated heterocycles. The molecule has 0 unspecified atom stereocenters. The van der Waals surface area contributed by atoms with Crippen molar-refractivity contribution in [3.8, 4) is 0 Å². The summed E-state index contributed by atoms with van der Waals surface area (Å²) >= 11 is 7.09. The van der Waals surface area contributed by atoms with Crippen molar-refractivity contribution in [3.63, 3.8) is 0 Å². The highest BCUT2D eigenvalue weighted by Crippen LogP contribution is 2.35. The van der Waals surface area contributed by atoms with Crippen molar-refractivity contribution in [2.45, 2.75) is 30.4 Å². The first-order valence-electron chi connectivity index (χ1n) is 6.81. The Hall–Kier alpha value is 0.160. The van der Waals surface area contributed by atoms with Crippen LogP contribution in [0.4, 0.5) is 0 Å². The number of rotatable bonds is 4. The van der Waals surface area contributed by atoms with E-state index < -0.39 is 0 Å². The summed E-state index contributed by atoms with van der Waals surface area (Å²) in [6, 6.07) is 0. The smallest absolute Gasteiger partial charge is 0.0891 e. The van der Waals surface area contributed by atoms with Crippen LogP contribution in [0, 0.1) is 5.92 Å². The molecule has 2 N–H and O–H groups in total. The second kappa shape index (κ2) is 6.55. The number of thioether (sulfide) groups is 1. The van der Waals surface area contributed by atoms with Crippen LogP contribution >= 0.6 is 24.0 Å². The van der Waals surface area contributed by atoms with Gasteiger partial charge in [0.05, 0.1) is 9.74 Å². The summed E-state index contributed by atoms with van der Waals surface area (Å²) < 4.78 is 5.47. The number of hydrogen-bond acceptors (Lipinski definition) is 4. The third kappa shape index (κ3) is 3.38. The summed E-state index contributed by atoms with van der Waals surface area (Å²) in [5.41, 5.74) is 5.92. The van der Waals surface area contributed by atoms with Gasteiger partial charge in [-0.3, -0.25) is 0 Å². The molecule has 18 heavy (non-hydrogen) atoms. The standard InChI is InChI=1S/C13H24N2OS2/c1-18-13(12(14)17)4-6-15(7-5-13)10-11-2-8-16-9-3-11/h11H,2-10H2,1H3,(H2,14,17). The molecule has 0 radical (unpaired) electrons. The van der Waals surface area contributed by atoms with Crippen molar-refractivity contribution in [2.75, 3.05) is 39.1 Å². The largest absolute Gasteiger partial charge is 0.392 e. The topological polar surface area (TPSA) is 38.5 Å². The van der Waals surface area contributed by atoms with E-state index in [0.717, 1.165) is 45.1 Å². The number of piperidine rings is 1. The lowest BCUT2D eigenvalue weighted by Gasteiger charge is -2.41. The van der Waals surface area contributed by atoms with Crippen LogP contribution in [0.1, 0.15) is 25.7 Å². The van der Waals surface area contributed by atoms with Crippen LogP contribution in [-0.2, 0) is 4.74 Å². The van der Waals surface area contributed by atoms with Gasteiger partial charge < -0.3 is 15.4 Å². The lowest BCUT2D eigenvalue weighted by atomic mass is 9.93. The number of thiocarbonyl (C=S) groups is 1. The highest BCUT2D eigenvalue weighted by Gasteiger charge is 2.36. The number of likely N-dealkylation sites (tertiary alicyclic amines) is 1. The zero-order valence-electron chi connectivity index (χ0n) is 11.2. The molecular formula is C13H24N2OS2. The molecule has 2 aliphatic heterocycles. The van der Waals surface area contributed by atoms with Gasteiger partial charge in [-0.05, 0) is 50.9 Å². The van der Waals surface area contributed by atoms with Crippen LogP contribution in [0.2, 0.25) is 0 Å². The Morgan fingerprint density at radius 3 is 2.50 bits per heavy atom. The fraction of sp³-hybridized carbons (Fsp3) is 0.923. The van der Waals surface area contributed by atoms with Crippen LogP contribution in [0.25, 0.3) is 0 Å². The van der Waals surface area contributed by atoms with Gasteiger partial charge in [-0.1, -0.05) is 12.2 Å². The average molecular weight is 288 g/mol. The Morgan fingerprint density at radius 1 is 1.39 bits per heavy atom. The summed E-state index contributed by atoms with van der Waals surface area (Å²) in [4.78, 5) is 3.28. The van der Waals surface area contributed by atoms with Crippen LogP contribution in [-0.4, -0.2) is 53.7 Å². The molecule has 104 valence electrons. The van der Waals surface area contributed by atoms with E-state index >= 15 is 0 Å². The minimum absolute atomic E-state index is 0.0571. The molecule has 0 spiro atoms. The molecule has 0 saturated carbocycles. The van der Waals surface area contributed by atoms with E-state index in [2.05, 4.69) is 11.2 Å². The molecule has 3 nitrogen and oxygen atoms in total. The van der Waals surface area contributed by atoms with Crippen molar-refractivity contribution >= 4 is 29.0 Å². The molecule has 2 heterocycles. The summed E-state index contributed by atoms with van der Waals surface area (Å²) in [7, 11) is 0. The van der Waals surface area contributed by atoms with E-state index in [4.69, 9.17) is 22.7 Å². The normalized spacial score (nSPS) is 26.1. The molecule has 2 aliphatic rings. The Morgan fingerprint density at radius 2 is 2.00 bits per heavy atom. The highest BCUT2D eigenvalue weighted by atomic mass is 32.2. The molecule has 2 fully saturated rings. The quantitative estimate of drug-likeness (QED) is 0.800. The van der Waals surface area contributed by atoms with Gasteiger partial charge in [-0.25, -0.2) is 0 Å². The summed E-state index contributed by atoms with van der Waals surface area (Å²) in [5, 5.41) is 0. The third-order valence-electron chi connectivity index (χ3n) is 4.36. The summed E-state index contributed by atoms with van der Waals surface area (Å²) in [5.74, 6) is 0.824. The molecule has 0 aromatic carbocycles. The predicted molar refractivity (Wildman–Crippen MR) is 82.2 cm³/mol. The van der Waals surface area contributed by atoms with E-state index in [1.807, 2.05) is 11.8 Å². The first kappa shape index (κ1) is 14.6. The maximum atomic E-state index is 5.92. The minimum atomic E-state index is 0.0571. The SMILES string of the molecule is CSC1(C(N)=S)CCN(CC2CCOCC2)CC1. The number of nitrogens with zero attached hydrogens (tertiary/aromatic N) is 1. The first-order valence-corrected chi connectivity index (χ1v) is 8.45. The van der Waals surface area contributed by atoms with Crippen molar-refractivity contribution in [3.05, 3.63) is 0 Å². The van der Waals surface area contributed by atoms with Crippen LogP contribution in [0.5, 0.6) is 0 Å². The number of hydrogen-bond donors (Lipinski definition) is 1. The maximum Gasteiger partial charge on any atom is 0.0891 e. The number of ether oxygens (including phenoxy) is 1. The predicted octanol–water partition coefficient (Wildman–Crippen LogP) is 1.90. The fourth-order valence-electron chi connectivity index (χ4n) is 2.94. The Balaban J connectivity index is 1.80. The molecular weight excluding hydrogens is 264 g/mol. The van der Waals surface area contributed by atoms with Crippen LogP contribution in [0.15, 0.2) is 0 Å². The van der Waals surface area contributed by atoms with E-state index in [1.165, 1.54) is 19.4 Å². The van der Waals surface area contributed by atoms with Crippen molar-refractivity contribution in [2.24, 2.45) is 11.7 Å². The maximum absolute atomic E-state index is 5.92. The van der Waals surface area contributed by atoms with Gasteiger partial charge in [0.15, 0.2) is 0 Å². The van der Waals surface area contributed by atoms with E-state index in [1.54, 1.807) is 0 Å². The second-order valence-corrected chi connectivity index (χ2v) is 7.05. The molecule has 0 atom stereocenters. The zero-order valence-corrected chi connectivity index (χ0v) is 12.8. The lowest BCUT2D eigenvalue weighted by molar-refractivity contribution is 0.0493. The van der Waals surface area contributed by atoms with Crippen molar-refractivity contribution in [1.29, 1.82) is 0 Å². The van der Waals surface area contributed by atoms with Gasteiger partial charge >= 0.3 is 0 Å². The van der Waals surface area contributed by atoms with Gasteiger partial charge in [0.2, 0.25) is 0 Å². The first-order chi connectivity index (χ1) is 8.66. The monoisotopic (exact) mass is 288 g/mol. The Kier molecular flexibility index (Phi) is 5.30. The van der Waals surface area contributed by atoms with E-state index in [0.29, 0.717) is 4.99 Å².